The molecule has 0 saturated carbocycles. The first-order valence-electron chi connectivity index (χ1n) is 5.15. The molecular weight excluding hydrogens is 236 g/mol. The van der Waals surface area contributed by atoms with E-state index < -0.39 is 17.3 Å². The lowest BCUT2D eigenvalue weighted by Crippen LogP contribution is -1.92. The van der Waals surface area contributed by atoms with E-state index in [1.165, 1.54) is 30.9 Å². The van der Waals surface area contributed by atoms with Crippen LogP contribution in [0.5, 0.6) is 0 Å². The fourth-order valence-corrected chi connectivity index (χ4v) is 0.959. The summed E-state index contributed by atoms with van der Waals surface area (Å²) in [6, 6.07) is 0. The molecule has 3 N–H and O–H groups in total. The molecule has 5 nitrogen and oxygen atoms in total. The molecule has 0 saturated heterocycles. The van der Waals surface area contributed by atoms with Crippen molar-refractivity contribution < 1.29 is 24.8 Å². The van der Waals surface area contributed by atoms with E-state index in [0.29, 0.717) is 6.61 Å². The molecule has 0 aliphatic carbocycles. The zero-order valence-corrected chi connectivity index (χ0v) is 9.56. The van der Waals surface area contributed by atoms with Crippen LogP contribution in [0, 0.1) is 0 Å². The van der Waals surface area contributed by atoms with Crippen LogP contribution in [0.15, 0.2) is 72.5 Å². The van der Waals surface area contributed by atoms with Crippen LogP contribution in [0.1, 0.15) is 0 Å². The van der Waals surface area contributed by atoms with Gasteiger partial charge in [-0.25, -0.2) is 0 Å². The van der Waals surface area contributed by atoms with Gasteiger partial charge in [0, 0.05) is 6.08 Å². The highest BCUT2D eigenvalue weighted by Crippen LogP contribution is 2.09. The summed E-state index contributed by atoms with van der Waals surface area (Å²) < 4.78 is 9.94. The molecule has 0 amide bonds. The van der Waals surface area contributed by atoms with Gasteiger partial charge in [-0.3, -0.25) is 0 Å². The van der Waals surface area contributed by atoms with Crippen molar-refractivity contribution >= 4 is 0 Å². The van der Waals surface area contributed by atoms with Crippen LogP contribution in [0.25, 0.3) is 0 Å². The van der Waals surface area contributed by atoms with Gasteiger partial charge in [-0.2, -0.15) is 0 Å². The molecule has 1 aliphatic heterocycles. The quantitative estimate of drug-likeness (QED) is 0.616. The van der Waals surface area contributed by atoms with Crippen molar-refractivity contribution in [1.82, 2.24) is 0 Å². The Bertz CT molecular complexity index is 438. The Balaban J connectivity index is 2.88. The van der Waals surface area contributed by atoms with Gasteiger partial charge in [-0.1, -0.05) is 6.08 Å². The molecule has 0 aromatic heterocycles. The zero-order valence-electron chi connectivity index (χ0n) is 9.56. The van der Waals surface area contributed by atoms with Crippen molar-refractivity contribution in [1.29, 1.82) is 0 Å². The van der Waals surface area contributed by atoms with Crippen molar-refractivity contribution in [2.45, 2.75) is 0 Å². The molecule has 5 heteroatoms. The first-order chi connectivity index (χ1) is 8.72. The molecule has 0 bridgehead atoms. The van der Waals surface area contributed by atoms with E-state index in [0.717, 1.165) is 6.08 Å². The van der Waals surface area contributed by atoms with Gasteiger partial charge in [0.05, 0.1) is 18.8 Å². The first kappa shape index (κ1) is 13.5. The van der Waals surface area contributed by atoms with Crippen LogP contribution in [-0.4, -0.2) is 21.9 Å². The van der Waals surface area contributed by atoms with Gasteiger partial charge in [-0.15, -0.1) is 0 Å². The minimum atomic E-state index is -0.652. The molecule has 96 valence electrons. The topological polar surface area (TPSA) is 79.2 Å². The van der Waals surface area contributed by atoms with Gasteiger partial charge in [0.1, 0.15) is 6.61 Å². The molecule has 0 aromatic rings. The molecule has 1 aliphatic rings. The second-order valence-corrected chi connectivity index (χ2v) is 3.14. The van der Waals surface area contributed by atoms with Crippen LogP contribution < -0.4 is 0 Å². The third-order valence-corrected chi connectivity index (χ3v) is 1.82. The van der Waals surface area contributed by atoms with Gasteiger partial charge in [0.2, 0.25) is 0 Å². The number of rotatable bonds is 0. The van der Waals surface area contributed by atoms with Crippen LogP contribution in [-0.2, 0) is 9.47 Å². The van der Waals surface area contributed by atoms with Gasteiger partial charge in [-0.05, 0) is 24.3 Å². The van der Waals surface area contributed by atoms with Crippen LogP contribution in [0.2, 0.25) is 0 Å². The van der Waals surface area contributed by atoms with E-state index >= 15 is 0 Å². The Kier molecular flexibility index (Phi) is 5.76. The summed E-state index contributed by atoms with van der Waals surface area (Å²) in [4.78, 5) is 0. The molecule has 0 spiro atoms. The number of hydrogen-bond acceptors (Lipinski definition) is 5. The Morgan fingerprint density at radius 2 is 1.72 bits per heavy atom. The van der Waals surface area contributed by atoms with Crippen LogP contribution in [0.4, 0.5) is 0 Å². The maximum atomic E-state index is 9.41. The first-order valence-corrected chi connectivity index (χ1v) is 5.15. The van der Waals surface area contributed by atoms with Crippen molar-refractivity contribution in [2.24, 2.45) is 0 Å². The Hall–Kier alpha value is -2.56. The number of allylic oxidation sites excluding steroid dienone is 5. The minimum Gasteiger partial charge on any atom is -0.504 e. The lowest BCUT2D eigenvalue weighted by molar-refractivity contribution is 0.277. The van der Waals surface area contributed by atoms with Gasteiger partial charge in [0.15, 0.2) is 17.3 Å². The molecule has 0 fully saturated rings. The highest BCUT2D eigenvalue weighted by atomic mass is 16.5. The van der Waals surface area contributed by atoms with Crippen molar-refractivity contribution in [3.63, 3.8) is 0 Å². The largest absolute Gasteiger partial charge is 0.504 e. The molecule has 0 aromatic carbocycles. The van der Waals surface area contributed by atoms with Gasteiger partial charge in [0.25, 0.3) is 0 Å². The van der Waals surface area contributed by atoms with E-state index in [1.807, 2.05) is 0 Å². The third kappa shape index (κ3) is 4.98. The standard InChI is InChI=1S/C13H14O5/c14-11-5-4-9-17-7-2-1-3-8-18-10-6-12(15)13(11)16/h1-7,9-10,14-16H,8H2/b3-1+,7-2-,9-4-,10-6+,11-5-,13-12-. The molecule has 1 heterocycles. The third-order valence-electron chi connectivity index (χ3n) is 1.82. The maximum absolute atomic E-state index is 9.41. The lowest BCUT2D eigenvalue weighted by Gasteiger charge is -1.99. The van der Waals surface area contributed by atoms with Crippen molar-refractivity contribution in [2.75, 3.05) is 6.61 Å². The summed E-state index contributed by atoms with van der Waals surface area (Å²) >= 11 is 0. The summed E-state index contributed by atoms with van der Waals surface area (Å²) in [5.74, 6) is -1.65. The van der Waals surface area contributed by atoms with E-state index in [2.05, 4.69) is 0 Å². The second-order valence-electron chi connectivity index (χ2n) is 3.14. The summed E-state index contributed by atoms with van der Waals surface area (Å²) in [5, 5.41) is 28.2. The molecule has 0 radical (unpaired) electrons. The fraction of sp³-hybridized carbons (Fsp3) is 0.0769. The normalized spacial score (nSPS) is 31.4. The average Bonchev–Trinajstić information content (AvgIpc) is 2.38. The predicted molar refractivity (Wildman–Crippen MR) is 66.6 cm³/mol. The van der Waals surface area contributed by atoms with E-state index in [9.17, 15) is 15.3 Å². The summed E-state index contributed by atoms with van der Waals surface area (Å²) in [6.07, 6.45) is 12.7. The molecule has 0 atom stereocenters. The monoisotopic (exact) mass is 250 g/mol. The van der Waals surface area contributed by atoms with Crippen LogP contribution in [0.3, 0.4) is 0 Å². The van der Waals surface area contributed by atoms with Crippen molar-refractivity contribution in [3.8, 4) is 0 Å². The lowest BCUT2D eigenvalue weighted by atomic mass is 10.3. The summed E-state index contributed by atoms with van der Waals surface area (Å²) in [7, 11) is 0. The summed E-state index contributed by atoms with van der Waals surface area (Å²) in [6.45, 7) is 0.298. The highest BCUT2D eigenvalue weighted by Gasteiger charge is 2.04. The Morgan fingerprint density at radius 1 is 0.944 bits per heavy atom. The van der Waals surface area contributed by atoms with Gasteiger partial charge < -0.3 is 24.8 Å². The predicted octanol–water partition coefficient (Wildman–Crippen LogP) is 2.90. The molecule has 0 unspecified atom stereocenters. The zero-order chi connectivity index (χ0) is 13.2. The number of aliphatic hydroxyl groups is 3. The number of aliphatic hydroxyl groups excluding tert-OH is 3. The van der Waals surface area contributed by atoms with Crippen molar-refractivity contribution in [3.05, 3.63) is 72.5 Å². The molecule has 18 heavy (non-hydrogen) atoms. The molecular formula is C13H14O5. The molecule has 1 rings (SSSR count). The van der Waals surface area contributed by atoms with E-state index in [4.69, 9.17) is 9.47 Å². The van der Waals surface area contributed by atoms with E-state index in [-0.39, 0.29) is 0 Å². The number of hydrogen-bond donors (Lipinski definition) is 3. The second kappa shape index (κ2) is 7.67. The smallest absolute Gasteiger partial charge is 0.200 e. The fourth-order valence-electron chi connectivity index (χ4n) is 0.959. The highest BCUT2D eigenvalue weighted by molar-refractivity contribution is 5.28. The summed E-state index contributed by atoms with van der Waals surface area (Å²) in [5.41, 5.74) is 0. The Labute approximate surface area is 105 Å². The SMILES string of the molecule is OC1=C\C=C/O/C=C\C=C\CO/C=C/C(O)=C\1O. The minimum absolute atomic E-state index is 0.298. The number of ether oxygens (including phenoxy) is 2. The van der Waals surface area contributed by atoms with Crippen LogP contribution >= 0.6 is 0 Å². The Morgan fingerprint density at radius 3 is 2.56 bits per heavy atom. The van der Waals surface area contributed by atoms with E-state index in [1.54, 1.807) is 18.2 Å². The maximum Gasteiger partial charge on any atom is 0.200 e. The average molecular weight is 250 g/mol. The van der Waals surface area contributed by atoms with Gasteiger partial charge >= 0.3 is 0 Å².